The minimum absolute atomic E-state index is 0.0806. The van der Waals surface area contributed by atoms with E-state index in [1.165, 1.54) is 3.97 Å². The first kappa shape index (κ1) is 14.1. The molecule has 0 spiro atoms. The van der Waals surface area contributed by atoms with Crippen LogP contribution in [0.3, 0.4) is 0 Å². The number of halogens is 1. The Morgan fingerprint density at radius 2 is 2.11 bits per heavy atom. The van der Waals surface area contributed by atoms with Gasteiger partial charge in [-0.25, -0.2) is 12.4 Å². The highest BCUT2D eigenvalue weighted by Gasteiger charge is 2.19. The summed E-state index contributed by atoms with van der Waals surface area (Å²) in [6, 6.07) is 5.13. The molecule has 1 atom stereocenters. The number of rotatable bonds is 4. The highest BCUT2D eigenvalue weighted by molar-refractivity contribution is 7.89. The predicted molar refractivity (Wildman–Crippen MR) is 76.3 cm³/mol. The van der Waals surface area contributed by atoms with Crippen LogP contribution in [0.25, 0.3) is 10.9 Å². The number of carbonyl (C=O) groups excluding carboxylic acids is 1. The molecule has 0 saturated heterocycles. The lowest BCUT2D eigenvalue weighted by atomic mass is 9.98. The molecule has 0 fully saturated rings. The van der Waals surface area contributed by atoms with Crippen molar-refractivity contribution in [2.75, 3.05) is 6.26 Å². The quantitative estimate of drug-likeness (QED) is 0.816. The third-order valence-corrected chi connectivity index (χ3v) is 4.44. The van der Waals surface area contributed by atoms with E-state index in [-0.39, 0.29) is 5.92 Å². The molecule has 102 valence electrons. The van der Waals surface area contributed by atoms with Crippen LogP contribution < -0.4 is 0 Å². The highest BCUT2D eigenvalue weighted by atomic mass is 35.5. The van der Waals surface area contributed by atoms with Crippen LogP contribution in [0.4, 0.5) is 0 Å². The zero-order chi connectivity index (χ0) is 14.2. The largest absolute Gasteiger partial charge is 0.303 e. The normalized spacial score (nSPS) is 13.6. The van der Waals surface area contributed by atoms with E-state index < -0.39 is 10.0 Å². The molecule has 0 bridgehead atoms. The van der Waals surface area contributed by atoms with Gasteiger partial charge in [0.2, 0.25) is 10.0 Å². The number of fused-ring (bicyclic) bond motifs is 1. The SMILES string of the molecule is CC(CC=O)c1cn(S(C)(=O)=O)c2cccc(Cl)c12. The highest BCUT2D eigenvalue weighted by Crippen LogP contribution is 2.34. The van der Waals surface area contributed by atoms with Crippen LogP contribution >= 0.6 is 11.6 Å². The van der Waals surface area contributed by atoms with Crippen molar-refractivity contribution in [3.63, 3.8) is 0 Å². The van der Waals surface area contributed by atoms with Crippen molar-refractivity contribution in [3.8, 4) is 0 Å². The molecule has 0 radical (unpaired) electrons. The van der Waals surface area contributed by atoms with Gasteiger partial charge in [0.1, 0.15) is 6.29 Å². The number of carbonyl (C=O) groups is 1. The second-order valence-electron chi connectivity index (χ2n) is 4.58. The van der Waals surface area contributed by atoms with E-state index in [4.69, 9.17) is 11.6 Å². The maximum atomic E-state index is 11.8. The average Bonchev–Trinajstić information content (AvgIpc) is 2.70. The van der Waals surface area contributed by atoms with E-state index in [0.717, 1.165) is 18.1 Å². The number of hydrogen-bond donors (Lipinski definition) is 0. The van der Waals surface area contributed by atoms with Gasteiger partial charge in [0, 0.05) is 18.0 Å². The van der Waals surface area contributed by atoms with Gasteiger partial charge < -0.3 is 4.79 Å². The van der Waals surface area contributed by atoms with E-state index in [1.54, 1.807) is 24.4 Å². The maximum Gasteiger partial charge on any atom is 0.236 e. The summed E-state index contributed by atoms with van der Waals surface area (Å²) in [6.45, 7) is 1.87. The number of benzene rings is 1. The Bertz CT molecular complexity index is 734. The van der Waals surface area contributed by atoms with Crippen molar-refractivity contribution < 1.29 is 13.2 Å². The molecule has 0 N–H and O–H groups in total. The minimum atomic E-state index is -3.40. The Labute approximate surface area is 117 Å². The lowest BCUT2D eigenvalue weighted by Crippen LogP contribution is -2.08. The van der Waals surface area contributed by atoms with Gasteiger partial charge in [-0.1, -0.05) is 24.6 Å². The summed E-state index contributed by atoms with van der Waals surface area (Å²) >= 11 is 6.17. The predicted octanol–water partition coefficient (Wildman–Crippen LogP) is 2.79. The molecule has 0 amide bonds. The van der Waals surface area contributed by atoms with Crippen LogP contribution in [0.1, 0.15) is 24.8 Å². The van der Waals surface area contributed by atoms with Gasteiger partial charge in [-0.15, -0.1) is 0 Å². The van der Waals surface area contributed by atoms with E-state index >= 15 is 0 Å². The minimum Gasteiger partial charge on any atom is -0.303 e. The summed E-state index contributed by atoms with van der Waals surface area (Å²) in [5.74, 6) is -0.0806. The van der Waals surface area contributed by atoms with Crippen LogP contribution in [-0.4, -0.2) is 24.9 Å². The fourth-order valence-corrected chi connectivity index (χ4v) is 3.26. The smallest absolute Gasteiger partial charge is 0.236 e. The number of aromatic nitrogens is 1. The lowest BCUT2D eigenvalue weighted by Gasteiger charge is -2.06. The van der Waals surface area contributed by atoms with Gasteiger partial charge in [0.05, 0.1) is 16.8 Å². The first-order valence-electron chi connectivity index (χ1n) is 5.80. The van der Waals surface area contributed by atoms with Gasteiger partial charge in [-0.3, -0.25) is 0 Å². The molecule has 2 rings (SSSR count). The van der Waals surface area contributed by atoms with Gasteiger partial charge in [0.25, 0.3) is 0 Å². The molecule has 0 aliphatic heterocycles. The number of aldehydes is 1. The van der Waals surface area contributed by atoms with Crippen molar-refractivity contribution in [2.45, 2.75) is 19.3 Å². The summed E-state index contributed by atoms with van der Waals surface area (Å²) in [7, 11) is -3.40. The first-order chi connectivity index (χ1) is 8.86. The topological polar surface area (TPSA) is 56.1 Å². The third kappa shape index (κ3) is 2.53. The first-order valence-corrected chi connectivity index (χ1v) is 8.02. The molecule has 0 aliphatic rings. The molecule has 1 aromatic carbocycles. The van der Waals surface area contributed by atoms with Gasteiger partial charge in [-0.05, 0) is 23.6 Å². The molecule has 19 heavy (non-hydrogen) atoms. The number of hydrogen-bond acceptors (Lipinski definition) is 3. The second kappa shape index (κ2) is 4.98. The van der Waals surface area contributed by atoms with Crippen molar-refractivity contribution in [2.24, 2.45) is 0 Å². The zero-order valence-electron chi connectivity index (χ0n) is 10.6. The molecule has 2 aromatic rings. The molecule has 6 heteroatoms. The molecular weight excluding hydrogens is 286 g/mol. The molecule has 1 heterocycles. The fraction of sp³-hybridized carbons (Fsp3) is 0.308. The Morgan fingerprint density at radius 1 is 1.42 bits per heavy atom. The molecule has 1 aromatic heterocycles. The summed E-state index contributed by atoms with van der Waals surface area (Å²) in [4.78, 5) is 10.7. The number of nitrogens with zero attached hydrogens (tertiary/aromatic N) is 1. The molecular formula is C13H14ClNO3S. The van der Waals surface area contributed by atoms with Crippen molar-refractivity contribution in [1.82, 2.24) is 3.97 Å². The van der Waals surface area contributed by atoms with Gasteiger partial charge >= 0.3 is 0 Å². The van der Waals surface area contributed by atoms with Crippen LogP contribution in [0.5, 0.6) is 0 Å². The van der Waals surface area contributed by atoms with Crippen LogP contribution in [-0.2, 0) is 14.8 Å². The zero-order valence-corrected chi connectivity index (χ0v) is 12.2. The Balaban J connectivity index is 2.82. The molecule has 0 aliphatic carbocycles. The summed E-state index contributed by atoms with van der Waals surface area (Å²) in [5, 5.41) is 1.19. The van der Waals surface area contributed by atoms with Crippen LogP contribution in [0, 0.1) is 0 Å². The van der Waals surface area contributed by atoms with E-state index in [9.17, 15) is 13.2 Å². The summed E-state index contributed by atoms with van der Waals surface area (Å²) < 4.78 is 24.8. The van der Waals surface area contributed by atoms with Crippen LogP contribution in [0.15, 0.2) is 24.4 Å². The van der Waals surface area contributed by atoms with Crippen molar-refractivity contribution >= 4 is 38.8 Å². The maximum absolute atomic E-state index is 11.8. The fourth-order valence-electron chi connectivity index (χ4n) is 2.16. The lowest BCUT2D eigenvalue weighted by molar-refractivity contribution is -0.108. The van der Waals surface area contributed by atoms with Crippen molar-refractivity contribution in [3.05, 3.63) is 35.0 Å². The Morgan fingerprint density at radius 3 is 2.68 bits per heavy atom. The molecule has 1 unspecified atom stereocenters. The van der Waals surface area contributed by atoms with E-state index in [0.29, 0.717) is 22.3 Å². The second-order valence-corrected chi connectivity index (χ2v) is 6.85. The van der Waals surface area contributed by atoms with Gasteiger partial charge in [-0.2, -0.15) is 0 Å². The van der Waals surface area contributed by atoms with E-state index in [2.05, 4.69) is 0 Å². The average molecular weight is 300 g/mol. The van der Waals surface area contributed by atoms with E-state index in [1.807, 2.05) is 6.92 Å². The van der Waals surface area contributed by atoms with Crippen LogP contribution in [0.2, 0.25) is 5.02 Å². The summed E-state index contributed by atoms with van der Waals surface area (Å²) in [5.41, 5.74) is 1.32. The standard InChI is InChI=1S/C13H14ClNO3S/c1-9(6-7-16)10-8-15(19(2,17)18)12-5-3-4-11(14)13(10)12/h3-5,7-9H,6H2,1-2H3. The monoisotopic (exact) mass is 299 g/mol. The summed E-state index contributed by atoms with van der Waals surface area (Å²) in [6.07, 6.45) is 3.85. The molecule has 4 nitrogen and oxygen atoms in total. The third-order valence-electron chi connectivity index (χ3n) is 3.11. The Kier molecular flexibility index (Phi) is 3.69. The Hall–Kier alpha value is -1.33. The van der Waals surface area contributed by atoms with Crippen molar-refractivity contribution in [1.29, 1.82) is 0 Å². The van der Waals surface area contributed by atoms with Gasteiger partial charge in [0.15, 0.2) is 0 Å². The molecule has 0 saturated carbocycles.